The first-order valence-electron chi connectivity index (χ1n) is 18.6. The van der Waals surface area contributed by atoms with E-state index >= 15 is 0 Å². The molecule has 3 aromatic heterocycles. The second-order valence-electron chi connectivity index (χ2n) is 14.4. The first-order chi connectivity index (χ1) is 26.8. The lowest BCUT2D eigenvalue weighted by Crippen LogP contribution is -1.93. The van der Waals surface area contributed by atoms with Gasteiger partial charge in [0.2, 0.25) is 0 Å². The van der Waals surface area contributed by atoms with Gasteiger partial charge in [0, 0.05) is 43.9 Å². The zero-order chi connectivity index (χ0) is 35.3. The molecule has 250 valence electrons. The Morgan fingerprint density at radius 1 is 0.315 bits per heavy atom. The third-order valence-corrected chi connectivity index (χ3v) is 11.4. The number of fused-ring (bicyclic) bond motifs is 9. The van der Waals surface area contributed by atoms with Gasteiger partial charge >= 0.3 is 0 Å². The highest BCUT2D eigenvalue weighted by molar-refractivity contribution is 6.16. The molecular formula is C51H31N3. The summed E-state index contributed by atoms with van der Waals surface area (Å²) < 4.78 is 4.74. The highest BCUT2D eigenvalue weighted by Gasteiger charge is 2.24. The van der Waals surface area contributed by atoms with E-state index in [0.29, 0.717) is 0 Å². The van der Waals surface area contributed by atoms with Crippen molar-refractivity contribution >= 4 is 54.5 Å². The summed E-state index contributed by atoms with van der Waals surface area (Å²) in [6.07, 6.45) is 0. The van der Waals surface area contributed by atoms with Gasteiger partial charge in [-0.2, -0.15) is 0 Å². The minimum absolute atomic E-state index is 0.991. The molecule has 1 aliphatic rings. The minimum Gasteiger partial charge on any atom is -0.309 e. The van der Waals surface area contributed by atoms with Crippen LogP contribution in [0, 0.1) is 0 Å². The van der Waals surface area contributed by atoms with E-state index in [1.54, 1.807) is 0 Å². The Morgan fingerprint density at radius 2 is 0.852 bits per heavy atom. The average Bonchev–Trinajstić information content (AvgIpc) is 3.87. The number of nitrogens with zero attached hydrogens (tertiary/aromatic N) is 3. The molecular weight excluding hydrogens is 655 g/mol. The smallest absolute Gasteiger partial charge is 0.0722 e. The van der Waals surface area contributed by atoms with Crippen LogP contribution < -0.4 is 0 Å². The second-order valence-corrected chi connectivity index (χ2v) is 14.4. The Morgan fingerprint density at radius 3 is 1.52 bits per heavy atom. The third kappa shape index (κ3) is 4.15. The van der Waals surface area contributed by atoms with Crippen LogP contribution in [0.2, 0.25) is 0 Å². The van der Waals surface area contributed by atoms with Crippen molar-refractivity contribution in [3.63, 3.8) is 0 Å². The van der Waals surface area contributed by atoms with Crippen LogP contribution in [0.15, 0.2) is 188 Å². The Hall–Kier alpha value is -7.23. The van der Waals surface area contributed by atoms with E-state index in [4.69, 9.17) is 4.98 Å². The monoisotopic (exact) mass is 685 g/mol. The van der Waals surface area contributed by atoms with Gasteiger partial charge in [-0.25, -0.2) is 4.98 Å². The van der Waals surface area contributed by atoms with Gasteiger partial charge in [0.25, 0.3) is 0 Å². The number of benzene rings is 8. The molecule has 0 amide bonds. The summed E-state index contributed by atoms with van der Waals surface area (Å²) in [5.41, 5.74) is 17.8. The molecule has 3 nitrogen and oxygen atoms in total. The number of para-hydroxylation sites is 4. The van der Waals surface area contributed by atoms with E-state index in [-0.39, 0.29) is 0 Å². The Balaban J connectivity index is 0.990. The first-order valence-corrected chi connectivity index (χ1v) is 18.6. The lowest BCUT2D eigenvalue weighted by molar-refractivity contribution is 1.18. The van der Waals surface area contributed by atoms with E-state index in [1.165, 1.54) is 88.1 Å². The molecule has 3 heterocycles. The van der Waals surface area contributed by atoms with E-state index < -0.39 is 0 Å². The molecule has 0 fully saturated rings. The third-order valence-electron chi connectivity index (χ3n) is 11.4. The fourth-order valence-corrected chi connectivity index (χ4v) is 9.05. The molecule has 12 rings (SSSR count). The van der Waals surface area contributed by atoms with Gasteiger partial charge in [-0.15, -0.1) is 0 Å². The fourth-order valence-electron chi connectivity index (χ4n) is 9.05. The molecule has 0 saturated heterocycles. The molecule has 0 bridgehead atoms. The van der Waals surface area contributed by atoms with Crippen LogP contribution in [0.3, 0.4) is 0 Å². The molecule has 1 aliphatic carbocycles. The molecule has 8 aromatic carbocycles. The van der Waals surface area contributed by atoms with Crippen molar-refractivity contribution in [1.29, 1.82) is 0 Å². The standard InChI is InChI=1S/C51H31N3/c1-3-12-35(13-4-1)53-47-20-9-7-16-38(47)42-29-33(23-26-49(42)53)32-22-25-37-41(28-32)40-18-11-19-45-51(40)44(37)31-46(52-45)34-24-27-50-43(30-34)39-17-8-10-21-48(39)54(50)36-14-5-2-6-15-36/h1-31H. The van der Waals surface area contributed by atoms with E-state index in [2.05, 4.69) is 197 Å². The van der Waals surface area contributed by atoms with Crippen LogP contribution in [0.4, 0.5) is 0 Å². The zero-order valence-electron chi connectivity index (χ0n) is 29.2. The Kier molecular flexibility index (Phi) is 6.05. The molecule has 0 N–H and O–H groups in total. The summed E-state index contributed by atoms with van der Waals surface area (Å²) >= 11 is 0. The molecule has 0 aliphatic heterocycles. The Bertz CT molecular complexity index is 3310. The van der Waals surface area contributed by atoms with E-state index in [9.17, 15) is 0 Å². The highest BCUT2D eigenvalue weighted by Crippen LogP contribution is 2.49. The Labute approximate surface area is 311 Å². The van der Waals surface area contributed by atoms with Crippen molar-refractivity contribution in [1.82, 2.24) is 14.1 Å². The van der Waals surface area contributed by atoms with Gasteiger partial charge in [0.1, 0.15) is 0 Å². The number of aromatic nitrogens is 3. The predicted octanol–water partition coefficient (Wildman–Crippen LogP) is 13.4. The minimum atomic E-state index is 0.991. The van der Waals surface area contributed by atoms with E-state index in [0.717, 1.165) is 22.5 Å². The maximum absolute atomic E-state index is 5.30. The fraction of sp³-hybridized carbons (Fsp3) is 0. The quantitative estimate of drug-likeness (QED) is 0.181. The van der Waals surface area contributed by atoms with Crippen molar-refractivity contribution < 1.29 is 0 Å². The topological polar surface area (TPSA) is 22.8 Å². The van der Waals surface area contributed by atoms with Crippen molar-refractivity contribution in [2.45, 2.75) is 0 Å². The zero-order valence-corrected chi connectivity index (χ0v) is 29.2. The van der Waals surface area contributed by atoms with Crippen molar-refractivity contribution in [2.24, 2.45) is 0 Å². The normalized spacial score (nSPS) is 12.1. The van der Waals surface area contributed by atoms with Gasteiger partial charge in [-0.05, 0) is 112 Å². The van der Waals surface area contributed by atoms with Gasteiger partial charge in [0.15, 0.2) is 0 Å². The average molecular weight is 686 g/mol. The molecule has 0 unspecified atom stereocenters. The summed E-state index contributed by atoms with van der Waals surface area (Å²) in [5.74, 6) is 0. The number of hydrogen-bond donors (Lipinski definition) is 0. The van der Waals surface area contributed by atoms with Crippen molar-refractivity contribution in [2.75, 3.05) is 0 Å². The lowest BCUT2D eigenvalue weighted by atomic mass is 9.96. The first kappa shape index (κ1) is 29.4. The van der Waals surface area contributed by atoms with Gasteiger partial charge in [0.05, 0.1) is 33.3 Å². The molecule has 0 spiro atoms. The summed E-state index contributed by atoms with van der Waals surface area (Å²) in [4.78, 5) is 5.30. The lowest BCUT2D eigenvalue weighted by Gasteiger charge is -2.10. The van der Waals surface area contributed by atoms with Crippen LogP contribution in [0.1, 0.15) is 0 Å². The maximum Gasteiger partial charge on any atom is 0.0722 e. The molecule has 11 aromatic rings. The molecule has 0 atom stereocenters. The van der Waals surface area contributed by atoms with Gasteiger partial charge in [-0.3, -0.25) is 0 Å². The van der Waals surface area contributed by atoms with E-state index in [1.807, 2.05) is 0 Å². The summed E-state index contributed by atoms with van der Waals surface area (Å²) in [6, 6.07) is 68.3. The van der Waals surface area contributed by atoms with Crippen LogP contribution >= 0.6 is 0 Å². The van der Waals surface area contributed by atoms with Crippen molar-refractivity contribution in [3.8, 4) is 56.0 Å². The van der Waals surface area contributed by atoms with Gasteiger partial charge < -0.3 is 9.13 Å². The molecule has 0 radical (unpaired) electrons. The number of rotatable bonds is 4. The number of hydrogen-bond acceptors (Lipinski definition) is 1. The highest BCUT2D eigenvalue weighted by atomic mass is 15.0. The SMILES string of the molecule is c1ccc(-n2c3ccccc3c3cc(-c4ccc5c(c4)-c4cccc6nc(-c7ccc8c(c7)c7ccccc7n8-c7ccccc7)cc-5c46)ccc32)cc1. The molecule has 0 saturated carbocycles. The van der Waals surface area contributed by atoms with Crippen LogP contribution in [0.5, 0.6) is 0 Å². The summed E-state index contributed by atoms with van der Waals surface area (Å²) in [7, 11) is 0. The second kappa shape index (κ2) is 11.1. The number of pyridine rings is 1. The van der Waals surface area contributed by atoms with Crippen LogP contribution in [0.25, 0.3) is 111 Å². The van der Waals surface area contributed by atoms with Crippen molar-refractivity contribution in [3.05, 3.63) is 188 Å². The predicted molar refractivity (Wildman–Crippen MR) is 226 cm³/mol. The maximum atomic E-state index is 5.30. The largest absolute Gasteiger partial charge is 0.309 e. The summed E-state index contributed by atoms with van der Waals surface area (Å²) in [6.45, 7) is 0. The summed E-state index contributed by atoms with van der Waals surface area (Å²) in [5, 5.41) is 6.23. The van der Waals surface area contributed by atoms with Crippen LogP contribution in [-0.2, 0) is 0 Å². The van der Waals surface area contributed by atoms with Gasteiger partial charge in [-0.1, -0.05) is 109 Å². The molecule has 3 heteroatoms. The molecule has 54 heavy (non-hydrogen) atoms. The van der Waals surface area contributed by atoms with Crippen LogP contribution in [-0.4, -0.2) is 14.1 Å².